The summed E-state index contributed by atoms with van der Waals surface area (Å²) in [5.74, 6) is 1.46. The predicted molar refractivity (Wildman–Crippen MR) is 72.7 cm³/mol. The van der Waals surface area contributed by atoms with Crippen molar-refractivity contribution in [1.29, 1.82) is 0 Å². The zero-order valence-corrected chi connectivity index (χ0v) is 11.2. The largest absolute Gasteiger partial charge is 0.497 e. The standard InChI is InChI=1S/C12H18N2O3S/c1-17-12-5-10(13)4-11(6-12)14-7-9-2-3-18(15,16)8-9/h4-6,9,14H,2-3,7-8,13H2,1H3. The van der Waals surface area contributed by atoms with Crippen molar-refractivity contribution >= 4 is 21.2 Å². The van der Waals surface area contributed by atoms with Crippen LogP contribution in [0.25, 0.3) is 0 Å². The molecule has 1 aromatic carbocycles. The molecule has 1 unspecified atom stereocenters. The quantitative estimate of drug-likeness (QED) is 0.801. The maximum absolute atomic E-state index is 11.3. The maximum Gasteiger partial charge on any atom is 0.150 e. The van der Waals surface area contributed by atoms with Gasteiger partial charge in [-0.1, -0.05) is 0 Å². The number of nitrogen functional groups attached to an aromatic ring is 1. The van der Waals surface area contributed by atoms with E-state index in [4.69, 9.17) is 10.5 Å². The van der Waals surface area contributed by atoms with Gasteiger partial charge in [0.1, 0.15) is 5.75 Å². The van der Waals surface area contributed by atoms with Crippen LogP contribution in [0.3, 0.4) is 0 Å². The maximum atomic E-state index is 11.3. The van der Waals surface area contributed by atoms with Crippen molar-refractivity contribution in [1.82, 2.24) is 0 Å². The zero-order chi connectivity index (χ0) is 13.2. The van der Waals surface area contributed by atoms with E-state index in [1.165, 1.54) is 0 Å². The van der Waals surface area contributed by atoms with Crippen molar-refractivity contribution in [2.75, 3.05) is 36.2 Å². The van der Waals surface area contributed by atoms with Crippen molar-refractivity contribution in [3.05, 3.63) is 18.2 Å². The van der Waals surface area contributed by atoms with E-state index in [-0.39, 0.29) is 11.7 Å². The Bertz CT molecular complexity index is 528. The summed E-state index contributed by atoms with van der Waals surface area (Å²) in [6.07, 6.45) is 0.731. The van der Waals surface area contributed by atoms with Gasteiger partial charge in [-0.2, -0.15) is 0 Å². The number of benzene rings is 1. The third-order valence-electron chi connectivity index (χ3n) is 3.09. The molecule has 1 saturated heterocycles. The summed E-state index contributed by atoms with van der Waals surface area (Å²) in [6, 6.07) is 5.40. The van der Waals surface area contributed by atoms with Gasteiger partial charge in [-0.05, 0) is 18.4 Å². The van der Waals surface area contributed by atoms with Crippen molar-refractivity contribution in [2.24, 2.45) is 5.92 Å². The Morgan fingerprint density at radius 2 is 2.22 bits per heavy atom. The van der Waals surface area contributed by atoms with Crippen molar-refractivity contribution in [3.8, 4) is 5.75 Å². The minimum atomic E-state index is -2.81. The van der Waals surface area contributed by atoms with Gasteiger partial charge < -0.3 is 15.8 Å². The predicted octanol–water partition coefficient (Wildman–Crippen LogP) is 1.12. The molecule has 0 aliphatic carbocycles. The summed E-state index contributed by atoms with van der Waals surface area (Å²) in [6.45, 7) is 0.645. The highest BCUT2D eigenvalue weighted by atomic mass is 32.2. The van der Waals surface area contributed by atoms with E-state index in [2.05, 4.69) is 5.32 Å². The molecule has 0 aromatic heterocycles. The summed E-state index contributed by atoms with van der Waals surface area (Å²) >= 11 is 0. The molecule has 6 heteroatoms. The lowest BCUT2D eigenvalue weighted by atomic mass is 10.1. The molecule has 1 aromatic rings. The Kier molecular flexibility index (Phi) is 3.65. The van der Waals surface area contributed by atoms with Crippen molar-refractivity contribution in [2.45, 2.75) is 6.42 Å². The number of ether oxygens (including phenoxy) is 1. The van der Waals surface area contributed by atoms with Gasteiger partial charge in [0.2, 0.25) is 0 Å². The third kappa shape index (κ3) is 3.29. The van der Waals surface area contributed by atoms with Crippen LogP contribution < -0.4 is 15.8 Å². The molecular weight excluding hydrogens is 252 g/mol. The van der Waals surface area contributed by atoms with Crippen LogP contribution in [-0.2, 0) is 9.84 Å². The molecule has 1 heterocycles. The van der Waals surface area contributed by atoms with E-state index in [1.807, 2.05) is 12.1 Å². The zero-order valence-electron chi connectivity index (χ0n) is 10.3. The van der Waals surface area contributed by atoms with Crippen molar-refractivity contribution in [3.63, 3.8) is 0 Å². The Balaban J connectivity index is 1.96. The smallest absolute Gasteiger partial charge is 0.150 e. The van der Waals surface area contributed by atoms with Crippen LogP contribution in [0.2, 0.25) is 0 Å². The highest BCUT2D eigenvalue weighted by Gasteiger charge is 2.27. The second-order valence-corrected chi connectivity index (χ2v) is 6.87. The van der Waals surface area contributed by atoms with Gasteiger partial charge in [0.25, 0.3) is 0 Å². The number of nitrogens with one attached hydrogen (secondary N) is 1. The summed E-state index contributed by atoms with van der Waals surface area (Å²) in [5, 5.41) is 3.22. The molecule has 2 rings (SSSR count). The van der Waals surface area contributed by atoms with Gasteiger partial charge in [-0.3, -0.25) is 0 Å². The lowest BCUT2D eigenvalue weighted by molar-refractivity contribution is 0.415. The molecule has 0 amide bonds. The highest BCUT2D eigenvalue weighted by Crippen LogP contribution is 2.24. The molecule has 18 heavy (non-hydrogen) atoms. The summed E-state index contributed by atoms with van der Waals surface area (Å²) in [7, 11) is -1.22. The van der Waals surface area contributed by atoms with Crippen LogP contribution in [-0.4, -0.2) is 33.6 Å². The number of nitrogens with two attached hydrogens (primary N) is 1. The minimum absolute atomic E-state index is 0.183. The summed E-state index contributed by atoms with van der Waals surface area (Å²) in [5.41, 5.74) is 7.22. The number of rotatable bonds is 4. The molecule has 0 radical (unpaired) electrons. The topological polar surface area (TPSA) is 81.4 Å². The fourth-order valence-corrected chi connectivity index (χ4v) is 4.00. The Morgan fingerprint density at radius 3 is 2.83 bits per heavy atom. The molecular formula is C12H18N2O3S. The van der Waals surface area contributed by atoms with E-state index < -0.39 is 9.84 Å². The van der Waals surface area contributed by atoms with Crippen LogP contribution in [0.1, 0.15) is 6.42 Å². The van der Waals surface area contributed by atoms with Crippen molar-refractivity contribution < 1.29 is 13.2 Å². The van der Waals surface area contributed by atoms with Gasteiger partial charge in [0.15, 0.2) is 9.84 Å². The number of hydrogen-bond acceptors (Lipinski definition) is 5. The first-order valence-corrected chi connectivity index (χ1v) is 7.69. The normalized spacial score (nSPS) is 21.7. The first-order valence-electron chi connectivity index (χ1n) is 5.87. The van der Waals surface area contributed by atoms with E-state index >= 15 is 0 Å². The van der Waals surface area contributed by atoms with Crippen LogP contribution in [0.15, 0.2) is 18.2 Å². The van der Waals surface area contributed by atoms with Crippen LogP contribution >= 0.6 is 0 Å². The lowest BCUT2D eigenvalue weighted by Crippen LogP contribution is -2.15. The third-order valence-corrected chi connectivity index (χ3v) is 4.92. The van der Waals surface area contributed by atoms with Gasteiger partial charge in [-0.15, -0.1) is 0 Å². The van der Waals surface area contributed by atoms with Crippen LogP contribution in [0.5, 0.6) is 5.75 Å². The Morgan fingerprint density at radius 1 is 1.44 bits per heavy atom. The SMILES string of the molecule is COc1cc(N)cc(NCC2CCS(=O)(=O)C2)c1. The first-order chi connectivity index (χ1) is 8.48. The van der Waals surface area contributed by atoms with Crippen LogP contribution in [0.4, 0.5) is 11.4 Å². The molecule has 0 spiro atoms. The number of anilines is 2. The van der Waals surface area contributed by atoms with Gasteiger partial charge in [0.05, 0.1) is 18.6 Å². The molecule has 3 N–H and O–H groups in total. The van der Waals surface area contributed by atoms with E-state index in [1.54, 1.807) is 13.2 Å². The van der Waals surface area contributed by atoms with Gasteiger partial charge in [0, 0.05) is 30.1 Å². The molecule has 0 bridgehead atoms. The van der Waals surface area contributed by atoms with E-state index in [9.17, 15) is 8.42 Å². The molecule has 100 valence electrons. The molecule has 1 aliphatic rings. The van der Waals surface area contributed by atoms with Crippen LogP contribution in [0, 0.1) is 5.92 Å². The second kappa shape index (κ2) is 5.06. The molecule has 0 saturated carbocycles. The summed E-state index contributed by atoms with van der Waals surface area (Å²) in [4.78, 5) is 0. The monoisotopic (exact) mass is 270 g/mol. The van der Waals surface area contributed by atoms with E-state index in [0.29, 0.717) is 23.7 Å². The van der Waals surface area contributed by atoms with Gasteiger partial charge in [-0.25, -0.2) is 8.42 Å². The lowest BCUT2D eigenvalue weighted by Gasteiger charge is -2.12. The first kappa shape index (κ1) is 13.0. The average Bonchev–Trinajstić information content (AvgIpc) is 2.65. The second-order valence-electron chi connectivity index (χ2n) is 4.64. The fraction of sp³-hybridized carbons (Fsp3) is 0.500. The molecule has 1 aliphatic heterocycles. The Hall–Kier alpha value is -1.43. The molecule has 1 atom stereocenters. The molecule has 5 nitrogen and oxygen atoms in total. The minimum Gasteiger partial charge on any atom is -0.497 e. The fourth-order valence-electron chi connectivity index (χ4n) is 2.14. The Labute approximate surface area is 107 Å². The van der Waals surface area contributed by atoms with E-state index in [0.717, 1.165) is 12.1 Å². The number of sulfone groups is 1. The number of hydrogen-bond donors (Lipinski definition) is 2. The summed E-state index contributed by atoms with van der Waals surface area (Å²) < 4.78 is 27.8. The molecule has 1 fully saturated rings. The average molecular weight is 270 g/mol. The highest BCUT2D eigenvalue weighted by molar-refractivity contribution is 7.91. The number of methoxy groups -OCH3 is 1. The van der Waals surface area contributed by atoms with Gasteiger partial charge >= 0.3 is 0 Å².